The highest BCUT2D eigenvalue weighted by molar-refractivity contribution is 5.87. The summed E-state index contributed by atoms with van der Waals surface area (Å²) in [5.41, 5.74) is 0.596. The van der Waals surface area contributed by atoms with Crippen molar-refractivity contribution in [2.24, 2.45) is 0 Å². The van der Waals surface area contributed by atoms with Gasteiger partial charge in [0.15, 0.2) is 0 Å². The molecule has 4 heteroatoms. The Hall–Kier alpha value is -2.33. The molecule has 0 atom stereocenters. The third kappa shape index (κ3) is 3.13. The van der Waals surface area contributed by atoms with Crippen LogP contribution in [0.15, 0.2) is 18.2 Å². The summed E-state index contributed by atoms with van der Waals surface area (Å²) in [7, 11) is 0. The molecule has 3 nitrogen and oxygen atoms in total. The number of carboxylic acids is 1. The van der Waals surface area contributed by atoms with Gasteiger partial charge in [0.25, 0.3) is 0 Å². The van der Waals surface area contributed by atoms with Gasteiger partial charge in [-0.2, -0.15) is 5.26 Å². The van der Waals surface area contributed by atoms with Gasteiger partial charge < -0.3 is 5.11 Å². The van der Waals surface area contributed by atoms with Crippen molar-refractivity contribution in [2.45, 2.75) is 6.42 Å². The van der Waals surface area contributed by atoms with Crippen molar-refractivity contribution in [1.82, 2.24) is 0 Å². The number of nitriles is 1. The van der Waals surface area contributed by atoms with Crippen molar-refractivity contribution >= 4 is 5.97 Å². The first-order chi connectivity index (χ1) is 7.13. The molecule has 1 N–H and O–H groups in total. The highest BCUT2D eigenvalue weighted by Gasteiger charge is 2.01. The molecule has 0 spiro atoms. The fourth-order valence-electron chi connectivity index (χ4n) is 0.990. The van der Waals surface area contributed by atoms with Crippen LogP contribution in [0.5, 0.6) is 0 Å². The van der Waals surface area contributed by atoms with Crippen LogP contribution in [0.3, 0.4) is 0 Å². The number of carbonyl (C=O) groups is 1. The molecule has 0 aliphatic rings. The fourth-order valence-corrected chi connectivity index (χ4v) is 0.990. The summed E-state index contributed by atoms with van der Waals surface area (Å²) in [6.45, 7) is 0. The molecular formula is C11H6FNO2. The molecule has 0 saturated carbocycles. The van der Waals surface area contributed by atoms with Gasteiger partial charge in [-0.25, -0.2) is 9.18 Å². The number of hydrogen-bond donors (Lipinski definition) is 1. The van der Waals surface area contributed by atoms with Crippen LogP contribution in [0.1, 0.15) is 11.1 Å². The van der Waals surface area contributed by atoms with Gasteiger partial charge in [0.2, 0.25) is 0 Å². The van der Waals surface area contributed by atoms with Gasteiger partial charge in [0.1, 0.15) is 5.82 Å². The van der Waals surface area contributed by atoms with E-state index in [0.717, 1.165) is 0 Å². The van der Waals surface area contributed by atoms with Gasteiger partial charge in [-0.15, -0.1) is 0 Å². The van der Waals surface area contributed by atoms with Crippen molar-refractivity contribution in [1.29, 1.82) is 5.26 Å². The zero-order valence-corrected chi connectivity index (χ0v) is 7.62. The number of halogens is 1. The van der Waals surface area contributed by atoms with Crippen molar-refractivity contribution in [3.63, 3.8) is 0 Å². The molecule has 0 aliphatic heterocycles. The van der Waals surface area contributed by atoms with Crippen molar-refractivity contribution in [3.05, 3.63) is 35.1 Å². The Morgan fingerprint density at radius 3 is 2.87 bits per heavy atom. The number of carboxylic acid groups (broad SMARTS) is 1. The molecule has 0 bridgehead atoms. The highest BCUT2D eigenvalue weighted by Crippen LogP contribution is 2.09. The lowest BCUT2D eigenvalue weighted by Gasteiger charge is -1.97. The van der Waals surface area contributed by atoms with E-state index in [1.807, 2.05) is 12.0 Å². The third-order valence-electron chi connectivity index (χ3n) is 1.62. The van der Waals surface area contributed by atoms with E-state index in [-0.39, 0.29) is 12.0 Å². The molecule has 0 heterocycles. The molecule has 0 aromatic heterocycles. The van der Waals surface area contributed by atoms with E-state index in [9.17, 15) is 9.18 Å². The summed E-state index contributed by atoms with van der Waals surface area (Å²) < 4.78 is 13.1. The molecule has 1 rings (SSSR count). The number of hydrogen-bond acceptors (Lipinski definition) is 2. The number of aliphatic carboxylic acids is 1. The van der Waals surface area contributed by atoms with Crippen molar-refractivity contribution in [3.8, 4) is 17.9 Å². The lowest BCUT2D eigenvalue weighted by Crippen LogP contribution is -1.91. The van der Waals surface area contributed by atoms with Crippen LogP contribution < -0.4 is 0 Å². The smallest absolute Gasteiger partial charge is 0.382 e. The summed E-state index contributed by atoms with van der Waals surface area (Å²) >= 11 is 0. The number of nitrogens with zero attached hydrogens (tertiary/aromatic N) is 1. The molecule has 1 aromatic carbocycles. The van der Waals surface area contributed by atoms with Crippen LogP contribution in [0, 0.1) is 29.0 Å². The van der Waals surface area contributed by atoms with Crippen LogP contribution in [0.4, 0.5) is 4.39 Å². The second kappa shape index (κ2) is 4.78. The van der Waals surface area contributed by atoms with E-state index in [1.165, 1.54) is 18.2 Å². The van der Waals surface area contributed by atoms with Crippen LogP contribution in [0.25, 0.3) is 0 Å². The maximum Gasteiger partial charge on any atom is 0.382 e. The minimum atomic E-state index is -1.32. The Kier molecular flexibility index (Phi) is 3.43. The van der Waals surface area contributed by atoms with Crippen molar-refractivity contribution in [2.75, 3.05) is 0 Å². The molecule has 0 unspecified atom stereocenters. The quantitative estimate of drug-likeness (QED) is 0.700. The Morgan fingerprint density at radius 1 is 1.53 bits per heavy atom. The second-order valence-corrected chi connectivity index (χ2v) is 2.70. The molecule has 0 aliphatic carbocycles. The molecule has 74 valence electrons. The van der Waals surface area contributed by atoms with E-state index >= 15 is 0 Å². The standard InChI is InChI=1S/C11H6FNO2/c12-10-3-1-8(5-6-13)7-9(10)2-4-11(14)15/h1,3,7H,5H2,(H,14,15). The normalized spacial score (nSPS) is 8.53. The zero-order valence-electron chi connectivity index (χ0n) is 7.62. The van der Waals surface area contributed by atoms with Gasteiger partial charge in [-0.05, 0) is 17.7 Å². The minimum Gasteiger partial charge on any atom is -0.472 e. The van der Waals surface area contributed by atoms with Crippen LogP contribution in [0.2, 0.25) is 0 Å². The summed E-state index contributed by atoms with van der Waals surface area (Å²) in [6, 6.07) is 5.91. The van der Waals surface area contributed by atoms with Gasteiger partial charge in [-0.1, -0.05) is 12.0 Å². The largest absolute Gasteiger partial charge is 0.472 e. The van der Waals surface area contributed by atoms with E-state index in [0.29, 0.717) is 5.56 Å². The van der Waals surface area contributed by atoms with Gasteiger partial charge in [0, 0.05) is 5.92 Å². The summed E-state index contributed by atoms with van der Waals surface area (Å²) in [6.07, 6.45) is 0.141. The van der Waals surface area contributed by atoms with E-state index < -0.39 is 11.8 Å². The Morgan fingerprint density at radius 2 is 2.27 bits per heavy atom. The highest BCUT2D eigenvalue weighted by atomic mass is 19.1. The molecule has 0 radical (unpaired) electrons. The maximum absolute atomic E-state index is 13.1. The summed E-state index contributed by atoms with van der Waals surface area (Å²) in [4.78, 5) is 10.1. The minimum absolute atomic E-state index is 0.00912. The average molecular weight is 203 g/mol. The van der Waals surface area contributed by atoms with Crippen LogP contribution in [-0.4, -0.2) is 11.1 Å². The third-order valence-corrected chi connectivity index (χ3v) is 1.62. The van der Waals surface area contributed by atoms with E-state index in [4.69, 9.17) is 10.4 Å². The predicted octanol–water partition coefficient (Wildman–Crippen LogP) is 1.33. The first-order valence-corrected chi connectivity index (χ1v) is 4.04. The Bertz CT molecular complexity index is 492. The first kappa shape index (κ1) is 10.7. The van der Waals surface area contributed by atoms with Gasteiger partial charge in [0.05, 0.1) is 18.1 Å². The first-order valence-electron chi connectivity index (χ1n) is 4.04. The monoisotopic (exact) mass is 203 g/mol. The molecule has 0 saturated heterocycles. The maximum atomic E-state index is 13.1. The second-order valence-electron chi connectivity index (χ2n) is 2.70. The summed E-state index contributed by atoms with van der Waals surface area (Å²) in [5, 5.41) is 16.7. The summed E-state index contributed by atoms with van der Waals surface area (Å²) in [5.74, 6) is 2.08. The SMILES string of the molecule is N#CCc1ccc(F)c(C#CC(=O)O)c1. The van der Waals surface area contributed by atoms with E-state index in [2.05, 4.69) is 5.92 Å². The Labute approximate surface area is 85.8 Å². The molecular weight excluding hydrogens is 197 g/mol. The van der Waals surface area contributed by atoms with Crippen LogP contribution >= 0.6 is 0 Å². The lowest BCUT2D eigenvalue weighted by molar-refractivity contribution is -0.130. The van der Waals surface area contributed by atoms with Gasteiger partial charge in [-0.3, -0.25) is 0 Å². The molecule has 0 fully saturated rings. The molecule has 0 amide bonds. The fraction of sp³-hybridized carbons (Fsp3) is 0.0909. The topological polar surface area (TPSA) is 61.1 Å². The van der Waals surface area contributed by atoms with Crippen molar-refractivity contribution < 1.29 is 14.3 Å². The average Bonchev–Trinajstić information content (AvgIpc) is 2.19. The number of rotatable bonds is 1. The zero-order chi connectivity index (χ0) is 11.3. The van der Waals surface area contributed by atoms with Crippen LogP contribution in [-0.2, 0) is 11.2 Å². The van der Waals surface area contributed by atoms with E-state index in [1.54, 1.807) is 0 Å². The molecule has 15 heavy (non-hydrogen) atoms. The lowest BCUT2D eigenvalue weighted by atomic mass is 10.1. The number of benzene rings is 1. The van der Waals surface area contributed by atoms with Gasteiger partial charge >= 0.3 is 5.97 Å². The molecule has 1 aromatic rings. The Balaban J connectivity index is 3.08. The predicted molar refractivity (Wildman–Crippen MR) is 50.2 cm³/mol.